The Bertz CT molecular complexity index is 333. The van der Waals surface area contributed by atoms with E-state index in [2.05, 4.69) is 4.98 Å². The summed E-state index contributed by atoms with van der Waals surface area (Å²) < 4.78 is 37.1. The summed E-state index contributed by atoms with van der Waals surface area (Å²) in [4.78, 5) is 3.58. The van der Waals surface area contributed by atoms with E-state index in [-0.39, 0.29) is 12.2 Å². The number of nitrogens with zero attached hydrogens (tertiary/aromatic N) is 1. The lowest BCUT2D eigenvalue weighted by molar-refractivity contribution is -0.137. The van der Waals surface area contributed by atoms with Gasteiger partial charge in [0.1, 0.15) is 0 Å². The highest BCUT2D eigenvalue weighted by molar-refractivity contribution is 5.53. The molecule has 14 heavy (non-hydrogen) atoms. The van der Waals surface area contributed by atoms with Crippen LogP contribution in [-0.2, 0) is 6.18 Å². The molecule has 1 rings (SSSR count). The second kappa shape index (κ2) is 4.23. The van der Waals surface area contributed by atoms with Crippen LogP contribution in [0.4, 0.5) is 13.2 Å². The molecule has 5 heteroatoms. The van der Waals surface area contributed by atoms with Crippen molar-refractivity contribution in [2.24, 2.45) is 0 Å². The van der Waals surface area contributed by atoms with Crippen molar-refractivity contribution in [3.63, 3.8) is 0 Å². The fourth-order valence-electron chi connectivity index (χ4n) is 0.977. The lowest BCUT2D eigenvalue weighted by Gasteiger charge is -2.08. The van der Waals surface area contributed by atoms with Crippen LogP contribution in [0.2, 0.25) is 0 Å². The Morgan fingerprint density at radius 2 is 2.14 bits per heavy atom. The van der Waals surface area contributed by atoms with Gasteiger partial charge in [0, 0.05) is 18.0 Å². The first-order valence-electron chi connectivity index (χ1n) is 3.84. The summed E-state index contributed by atoms with van der Waals surface area (Å²) in [7, 11) is 0. The van der Waals surface area contributed by atoms with Crippen molar-refractivity contribution in [2.45, 2.75) is 6.18 Å². The molecule has 0 aliphatic rings. The van der Waals surface area contributed by atoms with E-state index in [0.717, 1.165) is 18.5 Å². The molecule has 0 bridgehead atoms. The van der Waals surface area contributed by atoms with Gasteiger partial charge in [0.25, 0.3) is 0 Å². The van der Waals surface area contributed by atoms with E-state index in [1.807, 2.05) is 0 Å². The van der Waals surface area contributed by atoms with Crippen molar-refractivity contribution in [3.8, 4) is 0 Å². The van der Waals surface area contributed by atoms with Crippen LogP contribution >= 0.6 is 0 Å². The fourth-order valence-corrected chi connectivity index (χ4v) is 0.977. The summed E-state index contributed by atoms with van der Waals surface area (Å²) >= 11 is 0. The fraction of sp³-hybridized carbons (Fsp3) is 0.222. The third-order valence-corrected chi connectivity index (χ3v) is 1.56. The van der Waals surface area contributed by atoms with Crippen LogP contribution in [0.15, 0.2) is 24.5 Å². The highest BCUT2D eigenvalue weighted by Gasteiger charge is 2.32. The molecule has 0 aromatic carbocycles. The van der Waals surface area contributed by atoms with Crippen LogP contribution in [0.5, 0.6) is 0 Å². The Morgan fingerprint density at radius 3 is 2.71 bits per heavy atom. The maximum absolute atomic E-state index is 12.4. The van der Waals surface area contributed by atoms with Crippen molar-refractivity contribution < 1.29 is 18.3 Å². The van der Waals surface area contributed by atoms with Gasteiger partial charge in [-0.3, -0.25) is 4.98 Å². The Balaban J connectivity index is 3.10. The molecule has 0 spiro atoms. The van der Waals surface area contributed by atoms with Crippen LogP contribution < -0.4 is 0 Å². The van der Waals surface area contributed by atoms with Crippen LogP contribution in [0.25, 0.3) is 6.08 Å². The number of aliphatic hydroxyl groups is 1. The number of hydrogen-bond donors (Lipinski definition) is 1. The van der Waals surface area contributed by atoms with E-state index in [9.17, 15) is 13.2 Å². The number of pyridine rings is 1. The molecule has 0 radical (unpaired) electrons. The predicted molar refractivity (Wildman–Crippen MR) is 45.4 cm³/mol. The molecular weight excluding hydrogens is 195 g/mol. The molecule has 0 unspecified atom stereocenters. The van der Waals surface area contributed by atoms with Crippen molar-refractivity contribution in [3.05, 3.63) is 35.7 Å². The Labute approximate surface area is 78.7 Å². The van der Waals surface area contributed by atoms with Crippen LogP contribution in [0.3, 0.4) is 0 Å². The van der Waals surface area contributed by atoms with E-state index in [1.165, 1.54) is 12.2 Å². The van der Waals surface area contributed by atoms with Gasteiger partial charge in [0.15, 0.2) is 0 Å². The molecule has 0 aliphatic carbocycles. The summed E-state index contributed by atoms with van der Waals surface area (Å²) in [5.74, 6) is 0. The quantitative estimate of drug-likeness (QED) is 0.798. The Morgan fingerprint density at radius 1 is 1.43 bits per heavy atom. The first-order valence-corrected chi connectivity index (χ1v) is 3.84. The molecule has 0 fully saturated rings. The van der Waals surface area contributed by atoms with Crippen LogP contribution in [-0.4, -0.2) is 16.7 Å². The maximum Gasteiger partial charge on any atom is 0.417 e. The number of hydrogen-bond acceptors (Lipinski definition) is 2. The second-order valence-electron chi connectivity index (χ2n) is 2.55. The Kier molecular flexibility index (Phi) is 3.24. The Hall–Kier alpha value is -1.36. The monoisotopic (exact) mass is 203 g/mol. The van der Waals surface area contributed by atoms with E-state index in [0.29, 0.717) is 0 Å². The molecule has 1 aromatic heterocycles. The second-order valence-corrected chi connectivity index (χ2v) is 2.55. The molecular formula is C9H8F3NO. The van der Waals surface area contributed by atoms with Gasteiger partial charge in [-0.15, -0.1) is 0 Å². The minimum absolute atomic E-state index is 0.0472. The summed E-state index contributed by atoms with van der Waals surface area (Å²) in [5, 5.41) is 8.43. The maximum atomic E-state index is 12.4. The van der Waals surface area contributed by atoms with Gasteiger partial charge in [-0.25, -0.2) is 0 Å². The number of alkyl halides is 3. The number of aromatic nitrogens is 1. The number of halogens is 3. The summed E-state index contributed by atoms with van der Waals surface area (Å²) in [5.41, 5.74) is -0.800. The third-order valence-electron chi connectivity index (χ3n) is 1.56. The van der Waals surface area contributed by atoms with Crippen LogP contribution in [0, 0.1) is 0 Å². The highest BCUT2D eigenvalue weighted by Crippen LogP contribution is 2.31. The largest absolute Gasteiger partial charge is 0.417 e. The summed E-state index contributed by atoms with van der Waals surface area (Å²) in [6, 6.07) is 0.900. The third kappa shape index (κ3) is 2.56. The van der Waals surface area contributed by atoms with Gasteiger partial charge in [-0.1, -0.05) is 12.2 Å². The van der Waals surface area contributed by atoms with Crippen molar-refractivity contribution >= 4 is 6.08 Å². The molecule has 0 amide bonds. The lowest BCUT2D eigenvalue weighted by atomic mass is 10.1. The van der Waals surface area contributed by atoms with Gasteiger partial charge in [-0.05, 0) is 6.07 Å². The number of aliphatic hydroxyl groups excluding tert-OH is 1. The molecule has 0 saturated heterocycles. The molecule has 1 heterocycles. The zero-order valence-electron chi connectivity index (χ0n) is 7.12. The van der Waals surface area contributed by atoms with E-state index in [1.54, 1.807) is 0 Å². The topological polar surface area (TPSA) is 33.1 Å². The average Bonchev–Trinajstić information content (AvgIpc) is 2.14. The predicted octanol–water partition coefficient (Wildman–Crippen LogP) is 2.11. The van der Waals surface area contributed by atoms with Crippen molar-refractivity contribution in [1.82, 2.24) is 4.98 Å². The zero-order valence-corrected chi connectivity index (χ0v) is 7.12. The minimum Gasteiger partial charge on any atom is -0.392 e. The minimum atomic E-state index is -4.39. The van der Waals surface area contributed by atoms with Gasteiger partial charge in [0.2, 0.25) is 0 Å². The van der Waals surface area contributed by atoms with Crippen molar-refractivity contribution in [2.75, 3.05) is 6.61 Å². The standard InChI is InChI=1S/C9H8F3NO/c10-9(11,12)8-3-4-13-6-7(8)2-1-5-14/h1-4,6,14H,5H2/b2-1+. The smallest absolute Gasteiger partial charge is 0.392 e. The highest BCUT2D eigenvalue weighted by atomic mass is 19.4. The SMILES string of the molecule is OC/C=C/c1cnccc1C(F)(F)F. The van der Waals surface area contributed by atoms with Gasteiger partial charge in [0.05, 0.1) is 12.2 Å². The van der Waals surface area contributed by atoms with E-state index >= 15 is 0 Å². The van der Waals surface area contributed by atoms with Crippen molar-refractivity contribution in [1.29, 1.82) is 0 Å². The van der Waals surface area contributed by atoms with E-state index in [4.69, 9.17) is 5.11 Å². The average molecular weight is 203 g/mol. The summed E-state index contributed by atoms with van der Waals surface area (Å²) in [6.07, 6.45) is 0.217. The van der Waals surface area contributed by atoms with Crippen LogP contribution in [0.1, 0.15) is 11.1 Å². The molecule has 2 nitrogen and oxygen atoms in total. The summed E-state index contributed by atoms with van der Waals surface area (Å²) in [6.45, 7) is -0.299. The molecule has 1 N–H and O–H groups in total. The van der Waals surface area contributed by atoms with Gasteiger partial charge < -0.3 is 5.11 Å². The van der Waals surface area contributed by atoms with Gasteiger partial charge >= 0.3 is 6.18 Å². The first kappa shape index (κ1) is 10.7. The zero-order chi connectivity index (χ0) is 10.6. The molecule has 0 aliphatic heterocycles. The lowest BCUT2D eigenvalue weighted by Crippen LogP contribution is -2.07. The molecule has 0 atom stereocenters. The molecule has 76 valence electrons. The first-order chi connectivity index (χ1) is 6.55. The number of rotatable bonds is 2. The normalized spacial score (nSPS) is 12.3. The molecule has 1 aromatic rings. The van der Waals surface area contributed by atoms with E-state index < -0.39 is 11.7 Å². The van der Waals surface area contributed by atoms with Gasteiger partial charge in [-0.2, -0.15) is 13.2 Å². The molecule has 0 saturated carbocycles.